The molecule has 142 valence electrons. The van der Waals surface area contributed by atoms with Gasteiger partial charge in [-0.2, -0.15) is 0 Å². The van der Waals surface area contributed by atoms with Gasteiger partial charge >= 0.3 is 0 Å². The molecule has 1 aliphatic carbocycles. The molecule has 2 heterocycles. The Bertz CT molecular complexity index is 584. The number of anilines is 1. The zero-order valence-electron chi connectivity index (χ0n) is 15.4. The molecule has 1 aromatic carbocycles. The molecule has 1 saturated carbocycles. The van der Waals surface area contributed by atoms with E-state index in [2.05, 4.69) is 10.6 Å². The molecule has 0 spiro atoms. The van der Waals surface area contributed by atoms with Crippen molar-refractivity contribution in [2.75, 3.05) is 25.1 Å². The Hall–Kier alpha value is -1.59. The number of hydrogen-bond donors (Lipinski definition) is 2. The monoisotopic (exact) mass is 358 g/mol. The zero-order chi connectivity index (χ0) is 17.8. The van der Waals surface area contributed by atoms with Gasteiger partial charge in [0.05, 0.1) is 12.6 Å². The van der Waals surface area contributed by atoms with Crippen molar-refractivity contribution in [2.45, 2.75) is 57.0 Å². The van der Waals surface area contributed by atoms with E-state index in [0.29, 0.717) is 17.9 Å². The third-order valence-corrected chi connectivity index (χ3v) is 6.13. The Labute approximate surface area is 155 Å². The molecule has 0 bridgehead atoms. The summed E-state index contributed by atoms with van der Waals surface area (Å²) in [5.41, 5.74) is 0.838. The minimum absolute atomic E-state index is 0.0486. The second-order valence-electron chi connectivity index (χ2n) is 7.99. The van der Waals surface area contributed by atoms with Gasteiger partial charge in [0.1, 0.15) is 5.75 Å². The highest BCUT2D eigenvalue weighted by Crippen LogP contribution is 2.33. The van der Waals surface area contributed by atoms with Crippen molar-refractivity contribution >= 4 is 11.6 Å². The fourth-order valence-corrected chi connectivity index (χ4v) is 4.51. The summed E-state index contributed by atoms with van der Waals surface area (Å²) in [6.45, 7) is 2.43. The van der Waals surface area contributed by atoms with Gasteiger partial charge in [-0.15, -0.1) is 0 Å². The minimum atomic E-state index is -0.0486. The third-order valence-electron chi connectivity index (χ3n) is 6.13. The summed E-state index contributed by atoms with van der Waals surface area (Å²) in [4.78, 5) is 12.6. The van der Waals surface area contributed by atoms with Crippen LogP contribution in [0, 0.1) is 11.8 Å². The van der Waals surface area contributed by atoms with E-state index in [1.807, 2.05) is 24.3 Å². The number of nitrogens with one attached hydrogen (secondary N) is 2. The lowest BCUT2D eigenvalue weighted by Crippen LogP contribution is -2.39. The summed E-state index contributed by atoms with van der Waals surface area (Å²) in [7, 11) is 0. The molecule has 3 atom stereocenters. The van der Waals surface area contributed by atoms with Crippen LogP contribution in [0.4, 0.5) is 5.69 Å². The fraction of sp³-hybridized carbons (Fsp3) is 0.667. The van der Waals surface area contributed by atoms with Crippen LogP contribution in [0.2, 0.25) is 0 Å². The molecule has 2 aliphatic heterocycles. The van der Waals surface area contributed by atoms with Gasteiger partial charge in [0.15, 0.2) is 0 Å². The molecule has 26 heavy (non-hydrogen) atoms. The van der Waals surface area contributed by atoms with Gasteiger partial charge in [-0.25, -0.2) is 0 Å². The average molecular weight is 358 g/mol. The van der Waals surface area contributed by atoms with Crippen LogP contribution in [0.3, 0.4) is 0 Å². The molecule has 1 aromatic rings. The Kier molecular flexibility index (Phi) is 5.75. The van der Waals surface area contributed by atoms with Crippen LogP contribution in [-0.2, 0) is 9.53 Å². The number of ether oxygens (including phenoxy) is 2. The second kappa shape index (κ2) is 8.40. The molecule has 5 nitrogen and oxygen atoms in total. The molecule has 3 aliphatic rings. The molecule has 4 rings (SSSR count). The van der Waals surface area contributed by atoms with Gasteiger partial charge < -0.3 is 20.1 Å². The topological polar surface area (TPSA) is 59.6 Å². The maximum absolute atomic E-state index is 12.6. The van der Waals surface area contributed by atoms with Gasteiger partial charge in [-0.1, -0.05) is 12.8 Å². The number of benzene rings is 1. The summed E-state index contributed by atoms with van der Waals surface area (Å²) in [6.07, 6.45) is 8.20. The van der Waals surface area contributed by atoms with Gasteiger partial charge in [-0.05, 0) is 68.2 Å². The first-order valence-corrected chi connectivity index (χ1v) is 10.2. The van der Waals surface area contributed by atoms with E-state index < -0.39 is 0 Å². The highest BCUT2D eigenvalue weighted by atomic mass is 16.5. The van der Waals surface area contributed by atoms with Crippen LogP contribution in [0.15, 0.2) is 24.3 Å². The van der Waals surface area contributed by atoms with Crippen molar-refractivity contribution in [2.24, 2.45) is 11.8 Å². The highest BCUT2D eigenvalue weighted by molar-refractivity contribution is 5.95. The van der Waals surface area contributed by atoms with Crippen molar-refractivity contribution < 1.29 is 14.3 Å². The number of fused-ring (bicyclic) bond motifs is 1. The molecule has 0 radical (unpaired) electrons. The van der Waals surface area contributed by atoms with E-state index >= 15 is 0 Å². The Morgan fingerprint density at radius 1 is 1.12 bits per heavy atom. The summed E-state index contributed by atoms with van der Waals surface area (Å²) in [5.74, 6) is 2.22. The Balaban J connectivity index is 1.25. The number of amides is 1. The number of rotatable bonds is 5. The SMILES string of the molecule is O=C(Nc1ccc(OCC2CCOCC2)cc1)C1CC2CCCCC2N1. The van der Waals surface area contributed by atoms with Crippen LogP contribution in [0.5, 0.6) is 5.75 Å². The average Bonchev–Trinajstić information content (AvgIpc) is 3.13. The molecular formula is C21H30N2O3. The molecule has 0 aromatic heterocycles. The van der Waals surface area contributed by atoms with E-state index in [1.165, 1.54) is 25.7 Å². The van der Waals surface area contributed by atoms with Crippen molar-refractivity contribution in [3.63, 3.8) is 0 Å². The van der Waals surface area contributed by atoms with E-state index in [1.54, 1.807) is 0 Å². The van der Waals surface area contributed by atoms with Crippen LogP contribution in [0.25, 0.3) is 0 Å². The van der Waals surface area contributed by atoms with Crippen molar-refractivity contribution in [1.82, 2.24) is 5.32 Å². The maximum atomic E-state index is 12.6. The van der Waals surface area contributed by atoms with E-state index in [-0.39, 0.29) is 11.9 Å². The number of hydrogen-bond acceptors (Lipinski definition) is 4. The second-order valence-corrected chi connectivity index (χ2v) is 7.99. The van der Waals surface area contributed by atoms with E-state index in [9.17, 15) is 4.79 Å². The summed E-state index contributed by atoms with van der Waals surface area (Å²) in [6, 6.07) is 8.24. The van der Waals surface area contributed by atoms with Gasteiger partial charge in [0.25, 0.3) is 0 Å². The molecule has 3 fully saturated rings. The fourth-order valence-electron chi connectivity index (χ4n) is 4.51. The lowest BCUT2D eigenvalue weighted by molar-refractivity contribution is -0.117. The number of carbonyl (C=O) groups excluding carboxylic acids is 1. The molecule has 3 unspecified atom stereocenters. The lowest BCUT2D eigenvalue weighted by atomic mass is 9.85. The van der Waals surface area contributed by atoms with E-state index in [0.717, 1.165) is 50.5 Å². The number of carbonyl (C=O) groups is 1. The predicted octanol–water partition coefficient (Wildman–Crippen LogP) is 3.35. The first-order chi connectivity index (χ1) is 12.8. The zero-order valence-corrected chi connectivity index (χ0v) is 15.4. The predicted molar refractivity (Wildman–Crippen MR) is 101 cm³/mol. The normalized spacial score (nSPS) is 29.2. The summed E-state index contributed by atoms with van der Waals surface area (Å²) in [5, 5.41) is 6.59. The largest absolute Gasteiger partial charge is 0.493 e. The van der Waals surface area contributed by atoms with Crippen molar-refractivity contribution in [3.8, 4) is 5.75 Å². The Morgan fingerprint density at radius 2 is 1.88 bits per heavy atom. The smallest absolute Gasteiger partial charge is 0.241 e. The lowest BCUT2D eigenvalue weighted by Gasteiger charge is -2.24. The van der Waals surface area contributed by atoms with Crippen LogP contribution >= 0.6 is 0 Å². The van der Waals surface area contributed by atoms with Gasteiger partial charge in [0.2, 0.25) is 5.91 Å². The van der Waals surface area contributed by atoms with Crippen molar-refractivity contribution in [1.29, 1.82) is 0 Å². The highest BCUT2D eigenvalue weighted by Gasteiger charge is 2.38. The van der Waals surface area contributed by atoms with Gasteiger partial charge in [0, 0.05) is 24.9 Å². The van der Waals surface area contributed by atoms with Crippen LogP contribution in [0.1, 0.15) is 44.9 Å². The molecule has 5 heteroatoms. The van der Waals surface area contributed by atoms with E-state index in [4.69, 9.17) is 9.47 Å². The molecule has 2 N–H and O–H groups in total. The summed E-state index contributed by atoms with van der Waals surface area (Å²) >= 11 is 0. The first kappa shape index (κ1) is 17.8. The van der Waals surface area contributed by atoms with Gasteiger partial charge in [-0.3, -0.25) is 4.79 Å². The molecule has 2 saturated heterocycles. The summed E-state index contributed by atoms with van der Waals surface area (Å²) < 4.78 is 11.3. The minimum Gasteiger partial charge on any atom is -0.493 e. The van der Waals surface area contributed by atoms with Crippen LogP contribution < -0.4 is 15.4 Å². The Morgan fingerprint density at radius 3 is 2.65 bits per heavy atom. The molecular weight excluding hydrogens is 328 g/mol. The standard InChI is InChI=1S/C21H30N2O3/c24-21(20-13-16-3-1-2-4-19(16)23-20)22-17-5-7-18(8-6-17)26-14-15-9-11-25-12-10-15/h5-8,15-16,19-20,23H,1-4,9-14H2,(H,22,24). The quantitative estimate of drug-likeness (QED) is 0.847. The van der Waals surface area contributed by atoms with Crippen LogP contribution in [-0.4, -0.2) is 37.8 Å². The third kappa shape index (κ3) is 4.38. The van der Waals surface area contributed by atoms with Crippen molar-refractivity contribution in [3.05, 3.63) is 24.3 Å². The maximum Gasteiger partial charge on any atom is 0.241 e. The molecule has 1 amide bonds. The first-order valence-electron chi connectivity index (χ1n) is 10.2.